The highest BCUT2D eigenvalue weighted by molar-refractivity contribution is 6.01. The molecule has 15 heavy (non-hydrogen) atoms. The fourth-order valence-corrected chi connectivity index (χ4v) is 1.40. The summed E-state index contributed by atoms with van der Waals surface area (Å²) in [6.07, 6.45) is 2.46. The van der Waals surface area contributed by atoms with E-state index in [2.05, 4.69) is 10.1 Å². The van der Waals surface area contributed by atoms with Crippen molar-refractivity contribution in [1.29, 1.82) is 0 Å². The molecule has 0 aliphatic carbocycles. The van der Waals surface area contributed by atoms with E-state index in [1.165, 1.54) is 0 Å². The first-order valence-corrected chi connectivity index (χ1v) is 4.76. The van der Waals surface area contributed by atoms with Crippen molar-refractivity contribution in [3.63, 3.8) is 0 Å². The molecule has 0 spiro atoms. The molecule has 0 amide bonds. The van der Waals surface area contributed by atoms with Crippen molar-refractivity contribution < 1.29 is 9.57 Å². The van der Waals surface area contributed by atoms with Crippen LogP contribution in [0.3, 0.4) is 0 Å². The van der Waals surface area contributed by atoms with Crippen LogP contribution in [0, 0.1) is 0 Å². The number of nitrogens with zero attached hydrogens (tertiary/aromatic N) is 2. The second-order valence-corrected chi connectivity index (χ2v) is 3.29. The predicted octanol–water partition coefficient (Wildman–Crippen LogP) is 0.542. The van der Waals surface area contributed by atoms with Crippen molar-refractivity contribution in [1.82, 2.24) is 4.98 Å². The van der Waals surface area contributed by atoms with Gasteiger partial charge in [-0.15, -0.1) is 0 Å². The van der Waals surface area contributed by atoms with Gasteiger partial charge in [-0.1, -0.05) is 5.16 Å². The molecule has 1 aliphatic rings. The summed E-state index contributed by atoms with van der Waals surface area (Å²) >= 11 is 0. The fraction of sp³-hybridized carbons (Fsp3) is 0.400. The number of hydrogen-bond donors (Lipinski definition) is 1. The number of hydrogen-bond acceptors (Lipinski definition) is 5. The number of pyridine rings is 1. The van der Waals surface area contributed by atoms with Gasteiger partial charge in [0.2, 0.25) is 5.88 Å². The smallest absolute Gasteiger partial charge is 0.212 e. The molecular formula is C10H13N3O2. The quantitative estimate of drug-likeness (QED) is 0.785. The molecule has 0 radical (unpaired) electrons. The maximum absolute atomic E-state index is 5.49. The van der Waals surface area contributed by atoms with Gasteiger partial charge in [0.05, 0.1) is 12.8 Å². The van der Waals surface area contributed by atoms with Crippen LogP contribution in [-0.4, -0.2) is 30.5 Å². The molecule has 1 unspecified atom stereocenters. The lowest BCUT2D eigenvalue weighted by Crippen LogP contribution is -2.20. The van der Waals surface area contributed by atoms with Gasteiger partial charge in [-0.2, -0.15) is 0 Å². The van der Waals surface area contributed by atoms with Gasteiger partial charge in [0.1, 0.15) is 6.10 Å². The predicted molar refractivity (Wildman–Crippen MR) is 55.9 cm³/mol. The van der Waals surface area contributed by atoms with Crippen LogP contribution in [0.15, 0.2) is 23.5 Å². The molecule has 0 saturated carbocycles. The van der Waals surface area contributed by atoms with Gasteiger partial charge in [0, 0.05) is 30.8 Å². The number of nitrogens with two attached hydrogens (primary N) is 1. The SMILES string of the molecule is COc1ccc(C2=NOC(CN)C2)cn1. The van der Waals surface area contributed by atoms with Gasteiger partial charge in [-0.3, -0.25) is 0 Å². The van der Waals surface area contributed by atoms with E-state index in [-0.39, 0.29) is 6.10 Å². The van der Waals surface area contributed by atoms with Gasteiger partial charge < -0.3 is 15.3 Å². The van der Waals surface area contributed by atoms with Gasteiger partial charge in [-0.25, -0.2) is 4.98 Å². The summed E-state index contributed by atoms with van der Waals surface area (Å²) in [5.41, 5.74) is 7.33. The van der Waals surface area contributed by atoms with E-state index in [1.807, 2.05) is 6.07 Å². The van der Waals surface area contributed by atoms with Crippen molar-refractivity contribution in [2.24, 2.45) is 10.9 Å². The van der Waals surface area contributed by atoms with Crippen molar-refractivity contribution in [3.05, 3.63) is 23.9 Å². The molecule has 5 heteroatoms. The molecule has 5 nitrogen and oxygen atoms in total. The van der Waals surface area contributed by atoms with Crippen molar-refractivity contribution in [3.8, 4) is 5.88 Å². The van der Waals surface area contributed by atoms with Crippen LogP contribution in [0.4, 0.5) is 0 Å². The van der Waals surface area contributed by atoms with Crippen LogP contribution in [0.25, 0.3) is 0 Å². The van der Waals surface area contributed by atoms with Crippen LogP contribution in [-0.2, 0) is 4.84 Å². The molecule has 0 bridgehead atoms. The van der Waals surface area contributed by atoms with Crippen molar-refractivity contribution in [2.75, 3.05) is 13.7 Å². The van der Waals surface area contributed by atoms with Crippen molar-refractivity contribution in [2.45, 2.75) is 12.5 Å². The van der Waals surface area contributed by atoms with E-state index in [1.54, 1.807) is 19.4 Å². The summed E-state index contributed by atoms with van der Waals surface area (Å²) in [4.78, 5) is 9.23. The Morgan fingerprint density at radius 2 is 2.47 bits per heavy atom. The molecule has 2 rings (SSSR count). The van der Waals surface area contributed by atoms with E-state index in [0.717, 1.165) is 17.7 Å². The minimum atomic E-state index is 0.00195. The number of ether oxygens (including phenoxy) is 1. The lowest BCUT2D eigenvalue weighted by molar-refractivity contribution is 0.0918. The Bertz CT molecular complexity index is 361. The average molecular weight is 207 g/mol. The van der Waals surface area contributed by atoms with E-state index in [4.69, 9.17) is 15.3 Å². The van der Waals surface area contributed by atoms with Crippen LogP contribution in [0.2, 0.25) is 0 Å². The third kappa shape index (κ3) is 2.07. The minimum absolute atomic E-state index is 0.00195. The summed E-state index contributed by atoms with van der Waals surface area (Å²) in [7, 11) is 1.59. The second kappa shape index (κ2) is 4.27. The minimum Gasteiger partial charge on any atom is -0.481 e. The summed E-state index contributed by atoms with van der Waals surface area (Å²) in [5.74, 6) is 0.591. The van der Waals surface area contributed by atoms with Gasteiger partial charge in [0.15, 0.2) is 0 Å². The van der Waals surface area contributed by atoms with E-state index >= 15 is 0 Å². The van der Waals surface area contributed by atoms with E-state index < -0.39 is 0 Å². The molecule has 1 aliphatic heterocycles. The molecule has 0 aromatic carbocycles. The number of oxime groups is 1. The zero-order valence-corrected chi connectivity index (χ0v) is 8.51. The van der Waals surface area contributed by atoms with Crippen LogP contribution in [0.1, 0.15) is 12.0 Å². The van der Waals surface area contributed by atoms with Crippen molar-refractivity contribution >= 4 is 5.71 Å². The maximum atomic E-state index is 5.49. The second-order valence-electron chi connectivity index (χ2n) is 3.29. The standard InChI is InChI=1S/C10H13N3O2/c1-14-10-3-2-7(6-12-10)9-4-8(5-11)15-13-9/h2-3,6,8H,4-5,11H2,1H3. The van der Waals surface area contributed by atoms with Gasteiger partial charge in [-0.05, 0) is 6.07 Å². The lowest BCUT2D eigenvalue weighted by atomic mass is 10.1. The van der Waals surface area contributed by atoms with Crippen LogP contribution < -0.4 is 10.5 Å². The maximum Gasteiger partial charge on any atom is 0.212 e. The first-order valence-electron chi connectivity index (χ1n) is 4.76. The Morgan fingerprint density at radius 3 is 3.00 bits per heavy atom. The highest BCUT2D eigenvalue weighted by Crippen LogP contribution is 2.16. The molecule has 1 aromatic rings. The summed E-state index contributed by atoms with van der Waals surface area (Å²) < 4.78 is 4.97. The van der Waals surface area contributed by atoms with Crippen LogP contribution >= 0.6 is 0 Å². The normalized spacial score (nSPS) is 19.6. The summed E-state index contributed by atoms with van der Waals surface area (Å²) in [5, 5.41) is 3.97. The highest BCUT2D eigenvalue weighted by atomic mass is 16.6. The van der Waals surface area contributed by atoms with E-state index in [9.17, 15) is 0 Å². The molecule has 1 atom stereocenters. The highest BCUT2D eigenvalue weighted by Gasteiger charge is 2.20. The average Bonchev–Trinajstić information content (AvgIpc) is 2.78. The van der Waals surface area contributed by atoms with E-state index in [0.29, 0.717) is 12.4 Å². The molecule has 80 valence electrons. The number of methoxy groups -OCH3 is 1. The topological polar surface area (TPSA) is 69.7 Å². The third-order valence-corrected chi connectivity index (χ3v) is 2.27. The Hall–Kier alpha value is -1.62. The molecule has 0 fully saturated rings. The Kier molecular flexibility index (Phi) is 2.82. The Labute approximate surface area is 87.9 Å². The molecule has 0 saturated heterocycles. The Morgan fingerprint density at radius 1 is 1.60 bits per heavy atom. The largest absolute Gasteiger partial charge is 0.481 e. The van der Waals surface area contributed by atoms with Gasteiger partial charge in [0.25, 0.3) is 0 Å². The molecule has 1 aromatic heterocycles. The molecule has 2 N–H and O–H groups in total. The van der Waals surface area contributed by atoms with Gasteiger partial charge >= 0.3 is 0 Å². The first-order chi connectivity index (χ1) is 7.33. The summed E-state index contributed by atoms with van der Waals surface area (Å²) in [6.45, 7) is 0.483. The summed E-state index contributed by atoms with van der Waals surface area (Å²) in [6, 6.07) is 3.71. The zero-order chi connectivity index (χ0) is 10.7. The number of rotatable bonds is 3. The zero-order valence-electron chi connectivity index (χ0n) is 8.51. The monoisotopic (exact) mass is 207 g/mol. The number of aromatic nitrogens is 1. The molecule has 2 heterocycles. The first kappa shape index (κ1) is 9.92. The Balaban J connectivity index is 2.10. The third-order valence-electron chi connectivity index (χ3n) is 2.27. The molecular weight excluding hydrogens is 194 g/mol. The van der Waals surface area contributed by atoms with Crippen LogP contribution in [0.5, 0.6) is 5.88 Å². The fourth-order valence-electron chi connectivity index (χ4n) is 1.40. The lowest BCUT2D eigenvalue weighted by Gasteiger charge is -2.02.